The summed E-state index contributed by atoms with van der Waals surface area (Å²) < 4.78 is 11.9. The summed E-state index contributed by atoms with van der Waals surface area (Å²) in [5.74, 6) is -0.537. The van der Waals surface area contributed by atoms with Gasteiger partial charge >= 0.3 is 5.97 Å². The van der Waals surface area contributed by atoms with E-state index < -0.39 is 11.6 Å². The number of esters is 1. The zero-order valence-electron chi connectivity index (χ0n) is 10.3. The Morgan fingerprint density at radius 2 is 2.11 bits per heavy atom. The summed E-state index contributed by atoms with van der Waals surface area (Å²) in [6, 6.07) is 1.63. The molecule has 3 aliphatic heterocycles. The van der Waals surface area contributed by atoms with Crippen molar-refractivity contribution in [3.05, 3.63) is 33.2 Å². The van der Waals surface area contributed by atoms with E-state index in [2.05, 4.69) is 0 Å². The lowest BCUT2D eigenvalue weighted by molar-refractivity contribution is -0.154. The number of carbonyl (C=O) groups is 2. The van der Waals surface area contributed by atoms with Crippen LogP contribution in [0.15, 0.2) is 10.9 Å². The average Bonchev–Trinajstić information content (AvgIpc) is 2.90. The molecule has 1 spiro atoms. The fourth-order valence-electron chi connectivity index (χ4n) is 3.05. The molecule has 98 valence electrons. The van der Waals surface area contributed by atoms with Gasteiger partial charge in [-0.25, -0.2) is 4.79 Å². The van der Waals surface area contributed by atoms with Crippen molar-refractivity contribution in [3.63, 3.8) is 0 Å². The summed E-state index contributed by atoms with van der Waals surface area (Å²) in [4.78, 5) is 36.0. The summed E-state index contributed by atoms with van der Waals surface area (Å²) in [6.45, 7) is 2.11. The van der Waals surface area contributed by atoms with Crippen LogP contribution in [0.3, 0.4) is 0 Å². The first-order valence-electron chi connectivity index (χ1n) is 6.21. The van der Waals surface area contributed by atoms with E-state index in [4.69, 9.17) is 9.47 Å². The van der Waals surface area contributed by atoms with Gasteiger partial charge in [-0.15, -0.1) is 0 Å². The molecule has 0 aliphatic carbocycles. The normalized spacial score (nSPS) is 31.1. The molecular weight excluding hydrogens is 250 g/mol. The molecule has 0 N–H and O–H groups in total. The third-order valence-corrected chi connectivity index (χ3v) is 4.18. The lowest BCUT2D eigenvalue weighted by Crippen LogP contribution is -2.38. The Hall–Kier alpha value is -1.95. The number of cyclic esters (lactones) is 1. The number of aromatic nitrogens is 1. The standard InChI is InChI=1S/C13H11NO5/c1-6-13(19-6)8-4-9-10(15)2-3-14(9)11(16)7(8)5-18-12(13)17/h4,6H,2-3,5H2,1H3. The van der Waals surface area contributed by atoms with Crippen molar-refractivity contribution in [1.82, 2.24) is 4.57 Å². The molecule has 1 aromatic heterocycles. The van der Waals surface area contributed by atoms with E-state index in [1.807, 2.05) is 0 Å². The number of epoxide rings is 1. The molecule has 4 rings (SSSR count). The number of hydrogen-bond donors (Lipinski definition) is 0. The zero-order valence-corrected chi connectivity index (χ0v) is 10.3. The Morgan fingerprint density at radius 1 is 1.37 bits per heavy atom. The van der Waals surface area contributed by atoms with Crippen molar-refractivity contribution in [3.8, 4) is 0 Å². The Morgan fingerprint density at radius 3 is 2.79 bits per heavy atom. The largest absolute Gasteiger partial charge is 0.458 e. The van der Waals surface area contributed by atoms with Gasteiger partial charge in [0.1, 0.15) is 12.7 Å². The quantitative estimate of drug-likeness (QED) is 0.489. The van der Waals surface area contributed by atoms with Crippen molar-refractivity contribution in [2.24, 2.45) is 0 Å². The molecule has 3 aliphatic rings. The molecule has 6 nitrogen and oxygen atoms in total. The number of rotatable bonds is 0. The maximum Gasteiger partial charge on any atom is 0.346 e. The predicted molar refractivity (Wildman–Crippen MR) is 61.7 cm³/mol. The van der Waals surface area contributed by atoms with Crippen molar-refractivity contribution in [2.75, 3.05) is 0 Å². The van der Waals surface area contributed by atoms with E-state index >= 15 is 0 Å². The number of ketones is 1. The van der Waals surface area contributed by atoms with E-state index in [-0.39, 0.29) is 24.1 Å². The summed E-state index contributed by atoms with van der Waals surface area (Å²) in [6.07, 6.45) is 0.00842. The molecule has 1 aromatic rings. The maximum atomic E-state index is 12.3. The molecule has 0 bridgehead atoms. The first-order chi connectivity index (χ1) is 9.05. The molecule has 1 fully saturated rings. The second-order valence-corrected chi connectivity index (χ2v) is 5.12. The van der Waals surface area contributed by atoms with Crippen LogP contribution >= 0.6 is 0 Å². The topological polar surface area (TPSA) is 77.9 Å². The second kappa shape index (κ2) is 3.14. The van der Waals surface area contributed by atoms with Crippen LogP contribution in [0.1, 0.15) is 35.0 Å². The van der Waals surface area contributed by atoms with Gasteiger partial charge in [0.15, 0.2) is 5.78 Å². The van der Waals surface area contributed by atoms with E-state index in [1.165, 1.54) is 4.57 Å². The lowest BCUT2D eigenvalue weighted by atomic mass is 9.90. The van der Waals surface area contributed by atoms with Crippen LogP contribution in [0.2, 0.25) is 0 Å². The summed E-state index contributed by atoms with van der Waals surface area (Å²) in [5.41, 5.74) is -0.0795. The Balaban J connectivity index is 2.04. The SMILES string of the molecule is CC1OC12C(=O)OCc1c2cc2n(c1=O)CCC2=O. The highest BCUT2D eigenvalue weighted by molar-refractivity contribution is 5.97. The number of fused-ring (bicyclic) bond motifs is 3. The highest BCUT2D eigenvalue weighted by Gasteiger charge is 2.65. The summed E-state index contributed by atoms with van der Waals surface area (Å²) >= 11 is 0. The molecule has 0 aromatic carbocycles. The smallest absolute Gasteiger partial charge is 0.346 e. The van der Waals surface area contributed by atoms with Crippen molar-refractivity contribution in [1.29, 1.82) is 0 Å². The fourth-order valence-corrected chi connectivity index (χ4v) is 3.05. The minimum atomic E-state index is -1.16. The Bertz CT molecular complexity index is 704. The van der Waals surface area contributed by atoms with E-state index in [9.17, 15) is 14.4 Å². The highest BCUT2D eigenvalue weighted by atomic mass is 16.7. The lowest BCUT2D eigenvalue weighted by Gasteiger charge is -2.22. The monoisotopic (exact) mass is 261 g/mol. The molecular formula is C13H11NO5. The fraction of sp³-hybridized carbons (Fsp3) is 0.462. The number of pyridine rings is 1. The minimum Gasteiger partial charge on any atom is -0.458 e. The van der Waals surface area contributed by atoms with Crippen LogP contribution in [0.25, 0.3) is 0 Å². The average molecular weight is 261 g/mol. The maximum absolute atomic E-state index is 12.3. The van der Waals surface area contributed by atoms with Gasteiger partial charge in [-0.2, -0.15) is 0 Å². The molecule has 0 saturated carbocycles. The zero-order chi connectivity index (χ0) is 13.4. The number of carbonyl (C=O) groups excluding carboxylic acids is 2. The number of nitrogens with zero attached hydrogens (tertiary/aromatic N) is 1. The molecule has 2 unspecified atom stereocenters. The minimum absolute atomic E-state index is 0.0424. The number of Topliss-reactive ketones (excluding diaryl/α,β-unsaturated/α-hetero) is 1. The molecule has 2 atom stereocenters. The van der Waals surface area contributed by atoms with Crippen molar-refractivity contribution >= 4 is 11.8 Å². The molecule has 19 heavy (non-hydrogen) atoms. The van der Waals surface area contributed by atoms with Crippen molar-refractivity contribution < 1.29 is 19.1 Å². The van der Waals surface area contributed by atoms with Crippen LogP contribution in [0.5, 0.6) is 0 Å². The first-order valence-corrected chi connectivity index (χ1v) is 6.21. The van der Waals surface area contributed by atoms with E-state index in [0.717, 1.165) is 0 Å². The Kier molecular flexibility index (Phi) is 1.80. The van der Waals surface area contributed by atoms with Crippen LogP contribution < -0.4 is 5.56 Å². The predicted octanol–water partition coefficient (Wildman–Crippen LogP) is 0.105. The van der Waals surface area contributed by atoms with Gasteiger partial charge in [-0.05, 0) is 13.0 Å². The van der Waals surface area contributed by atoms with Gasteiger partial charge in [0.2, 0.25) is 5.60 Å². The van der Waals surface area contributed by atoms with Crippen LogP contribution in [0, 0.1) is 0 Å². The first kappa shape index (κ1) is 10.9. The third-order valence-electron chi connectivity index (χ3n) is 4.18. The van der Waals surface area contributed by atoms with Crippen LogP contribution in [-0.4, -0.2) is 22.4 Å². The molecule has 0 amide bonds. The number of ether oxygens (including phenoxy) is 2. The second-order valence-electron chi connectivity index (χ2n) is 5.12. The highest BCUT2D eigenvalue weighted by Crippen LogP contribution is 2.50. The molecule has 0 radical (unpaired) electrons. The van der Waals surface area contributed by atoms with Gasteiger partial charge in [0, 0.05) is 18.5 Å². The van der Waals surface area contributed by atoms with Gasteiger partial charge in [0.05, 0.1) is 11.3 Å². The summed E-state index contributed by atoms with van der Waals surface area (Å²) in [5, 5.41) is 0. The van der Waals surface area contributed by atoms with E-state index in [1.54, 1.807) is 13.0 Å². The summed E-state index contributed by atoms with van der Waals surface area (Å²) in [7, 11) is 0. The van der Waals surface area contributed by atoms with Crippen LogP contribution in [0.4, 0.5) is 0 Å². The molecule has 4 heterocycles. The van der Waals surface area contributed by atoms with E-state index in [0.29, 0.717) is 29.8 Å². The van der Waals surface area contributed by atoms with Gasteiger partial charge < -0.3 is 14.0 Å². The van der Waals surface area contributed by atoms with Gasteiger partial charge in [-0.3, -0.25) is 9.59 Å². The Labute approximate surface area is 107 Å². The van der Waals surface area contributed by atoms with Crippen molar-refractivity contribution in [2.45, 2.75) is 38.2 Å². The molecule has 6 heteroatoms. The van der Waals surface area contributed by atoms with Gasteiger partial charge in [0.25, 0.3) is 5.56 Å². The number of hydrogen-bond acceptors (Lipinski definition) is 5. The third kappa shape index (κ3) is 1.13. The molecule has 1 saturated heterocycles. The van der Waals surface area contributed by atoms with Gasteiger partial charge in [-0.1, -0.05) is 0 Å². The van der Waals surface area contributed by atoms with Crippen LogP contribution in [-0.2, 0) is 33.0 Å².